The highest BCUT2D eigenvalue weighted by atomic mass is 32.2. The van der Waals surface area contributed by atoms with E-state index in [1.807, 2.05) is 36.6 Å². The fourth-order valence-corrected chi connectivity index (χ4v) is 3.62. The van der Waals surface area contributed by atoms with Gasteiger partial charge in [-0.25, -0.2) is 0 Å². The van der Waals surface area contributed by atoms with Gasteiger partial charge in [0.25, 0.3) is 5.89 Å². The Balaban J connectivity index is 1.39. The van der Waals surface area contributed by atoms with Crippen LogP contribution in [-0.2, 0) is 14.3 Å². The summed E-state index contributed by atoms with van der Waals surface area (Å²) in [6, 6.07) is 11.3. The third-order valence-electron chi connectivity index (χ3n) is 4.84. The van der Waals surface area contributed by atoms with Gasteiger partial charge in [-0.2, -0.15) is 4.98 Å². The molecule has 2 aromatic heterocycles. The van der Waals surface area contributed by atoms with E-state index in [9.17, 15) is 9.59 Å². The topological polar surface area (TPSA) is 98.4 Å². The highest BCUT2D eigenvalue weighted by Crippen LogP contribution is 2.29. The molecule has 0 N–H and O–H groups in total. The summed E-state index contributed by atoms with van der Waals surface area (Å²) in [4.78, 5) is 36.1. The molecule has 0 aliphatic carbocycles. The molecule has 3 heterocycles. The largest absolute Gasteiger partial charge is 0.452 e. The molecule has 9 heteroatoms. The van der Waals surface area contributed by atoms with Gasteiger partial charge in [-0.1, -0.05) is 5.16 Å². The van der Waals surface area contributed by atoms with E-state index in [4.69, 9.17) is 9.26 Å². The predicted molar refractivity (Wildman–Crippen MR) is 111 cm³/mol. The zero-order valence-electron chi connectivity index (χ0n) is 16.5. The van der Waals surface area contributed by atoms with Crippen molar-refractivity contribution in [1.82, 2.24) is 15.1 Å². The molecule has 0 saturated carbocycles. The fraction of sp³-hybridized carbons (Fsp3) is 0.286. The van der Waals surface area contributed by atoms with Gasteiger partial charge in [0.05, 0.1) is 5.92 Å². The number of thioether (sulfide) groups is 1. The Morgan fingerprint density at radius 1 is 1.30 bits per heavy atom. The Morgan fingerprint density at radius 2 is 2.10 bits per heavy atom. The molecule has 3 aromatic rings. The monoisotopic (exact) mass is 424 g/mol. The van der Waals surface area contributed by atoms with Gasteiger partial charge in [-0.05, 0) is 49.6 Å². The summed E-state index contributed by atoms with van der Waals surface area (Å²) in [6.45, 7) is 1.95. The van der Waals surface area contributed by atoms with Crippen LogP contribution in [-0.4, -0.2) is 39.8 Å². The zero-order valence-corrected chi connectivity index (χ0v) is 17.3. The minimum atomic E-state index is -0.722. The van der Waals surface area contributed by atoms with Crippen molar-refractivity contribution >= 4 is 29.3 Å². The van der Waals surface area contributed by atoms with E-state index in [2.05, 4.69) is 15.1 Å². The summed E-state index contributed by atoms with van der Waals surface area (Å²) in [5.74, 6) is -0.535. The van der Waals surface area contributed by atoms with Crippen LogP contribution in [0, 0.1) is 5.92 Å². The van der Waals surface area contributed by atoms with Crippen molar-refractivity contribution in [3.63, 3.8) is 0 Å². The van der Waals surface area contributed by atoms with Crippen LogP contribution in [0.1, 0.15) is 25.3 Å². The Bertz CT molecular complexity index is 1040. The smallest absolute Gasteiger partial charge is 0.312 e. The average molecular weight is 424 g/mol. The number of rotatable bonds is 6. The van der Waals surface area contributed by atoms with Gasteiger partial charge >= 0.3 is 5.97 Å². The van der Waals surface area contributed by atoms with Crippen molar-refractivity contribution in [1.29, 1.82) is 0 Å². The highest BCUT2D eigenvalue weighted by Gasteiger charge is 2.37. The number of pyridine rings is 1. The third kappa shape index (κ3) is 4.20. The number of amides is 1. The van der Waals surface area contributed by atoms with Gasteiger partial charge in [0.15, 0.2) is 6.10 Å². The standard InChI is InChI=1S/C21H20N4O4S/c1-13(20-23-19(24-29-20)14-4-3-9-22-11-14)28-21(27)15-10-18(26)25(12-15)16-5-7-17(30-2)8-6-16/h3-9,11,13,15H,10,12H2,1-2H3. The lowest BCUT2D eigenvalue weighted by Gasteiger charge is -2.17. The molecule has 154 valence electrons. The van der Waals surface area contributed by atoms with Crippen LogP contribution in [0.15, 0.2) is 58.2 Å². The molecule has 1 saturated heterocycles. The van der Waals surface area contributed by atoms with Crippen LogP contribution in [0.4, 0.5) is 5.69 Å². The van der Waals surface area contributed by atoms with Crippen LogP contribution in [0.5, 0.6) is 0 Å². The van der Waals surface area contributed by atoms with Crippen molar-refractivity contribution in [2.45, 2.75) is 24.3 Å². The van der Waals surface area contributed by atoms with E-state index in [1.165, 1.54) is 0 Å². The number of hydrogen-bond donors (Lipinski definition) is 0. The Hall–Kier alpha value is -3.20. The summed E-state index contributed by atoms with van der Waals surface area (Å²) in [6.07, 6.45) is 4.65. The van der Waals surface area contributed by atoms with E-state index in [-0.39, 0.29) is 24.8 Å². The van der Waals surface area contributed by atoms with E-state index in [1.54, 1.807) is 42.0 Å². The molecule has 1 amide bonds. The molecule has 2 atom stereocenters. The molecule has 0 bridgehead atoms. The first kappa shape index (κ1) is 20.1. The molecule has 2 unspecified atom stereocenters. The number of aromatic nitrogens is 3. The molecular formula is C21H20N4O4S. The summed E-state index contributed by atoms with van der Waals surface area (Å²) in [5.41, 5.74) is 1.48. The normalized spacial score (nSPS) is 17.2. The Labute approximate surface area is 177 Å². The molecule has 8 nitrogen and oxygen atoms in total. The van der Waals surface area contributed by atoms with Gasteiger partial charge in [0, 0.05) is 41.5 Å². The van der Waals surface area contributed by atoms with Crippen molar-refractivity contribution < 1.29 is 18.8 Å². The third-order valence-corrected chi connectivity index (χ3v) is 5.59. The highest BCUT2D eigenvalue weighted by molar-refractivity contribution is 7.98. The van der Waals surface area contributed by atoms with Gasteiger partial charge in [-0.3, -0.25) is 14.6 Å². The summed E-state index contributed by atoms with van der Waals surface area (Å²) >= 11 is 1.63. The predicted octanol–water partition coefficient (Wildman–Crippen LogP) is 3.51. The lowest BCUT2D eigenvalue weighted by atomic mass is 10.1. The molecule has 1 aliphatic rings. The minimum absolute atomic E-state index is 0.0989. The molecule has 1 aromatic carbocycles. The quantitative estimate of drug-likeness (QED) is 0.438. The number of benzene rings is 1. The average Bonchev–Trinajstić information content (AvgIpc) is 3.42. The second-order valence-corrected chi connectivity index (χ2v) is 7.76. The molecule has 4 rings (SSSR count). The first-order valence-electron chi connectivity index (χ1n) is 9.44. The van der Waals surface area contributed by atoms with Crippen LogP contribution >= 0.6 is 11.8 Å². The zero-order chi connectivity index (χ0) is 21.1. The maximum absolute atomic E-state index is 12.6. The first-order valence-corrected chi connectivity index (χ1v) is 10.7. The van der Waals surface area contributed by atoms with Gasteiger partial charge < -0.3 is 14.2 Å². The molecule has 30 heavy (non-hydrogen) atoms. The van der Waals surface area contributed by atoms with Crippen molar-refractivity contribution in [2.24, 2.45) is 5.92 Å². The van der Waals surface area contributed by atoms with Crippen LogP contribution in [0.25, 0.3) is 11.4 Å². The maximum atomic E-state index is 12.6. The van der Waals surface area contributed by atoms with Crippen LogP contribution < -0.4 is 4.90 Å². The number of nitrogens with zero attached hydrogens (tertiary/aromatic N) is 4. The van der Waals surface area contributed by atoms with E-state index in [0.29, 0.717) is 11.4 Å². The lowest BCUT2D eigenvalue weighted by Crippen LogP contribution is -2.26. The summed E-state index contributed by atoms with van der Waals surface area (Å²) < 4.78 is 10.7. The summed E-state index contributed by atoms with van der Waals surface area (Å²) in [5, 5.41) is 3.91. The van der Waals surface area contributed by atoms with Crippen molar-refractivity contribution in [2.75, 3.05) is 17.7 Å². The van der Waals surface area contributed by atoms with Gasteiger partial charge in [0.2, 0.25) is 11.7 Å². The number of anilines is 1. The Morgan fingerprint density at radius 3 is 2.80 bits per heavy atom. The van der Waals surface area contributed by atoms with E-state index < -0.39 is 18.0 Å². The minimum Gasteiger partial charge on any atom is -0.452 e. The van der Waals surface area contributed by atoms with E-state index >= 15 is 0 Å². The van der Waals surface area contributed by atoms with Crippen LogP contribution in [0.3, 0.4) is 0 Å². The van der Waals surface area contributed by atoms with Gasteiger partial charge in [0.1, 0.15) is 0 Å². The maximum Gasteiger partial charge on any atom is 0.312 e. The molecule has 1 aliphatic heterocycles. The van der Waals surface area contributed by atoms with E-state index in [0.717, 1.165) is 10.6 Å². The number of esters is 1. The van der Waals surface area contributed by atoms with Crippen molar-refractivity contribution in [3.05, 3.63) is 54.7 Å². The summed E-state index contributed by atoms with van der Waals surface area (Å²) in [7, 11) is 0. The fourth-order valence-electron chi connectivity index (χ4n) is 3.21. The molecule has 1 fully saturated rings. The lowest BCUT2D eigenvalue weighted by molar-refractivity contribution is -0.154. The first-order chi connectivity index (χ1) is 14.5. The second kappa shape index (κ2) is 8.66. The second-order valence-electron chi connectivity index (χ2n) is 6.88. The van der Waals surface area contributed by atoms with Crippen molar-refractivity contribution in [3.8, 4) is 11.4 Å². The Kier molecular flexibility index (Phi) is 5.80. The molecule has 0 spiro atoms. The molecule has 0 radical (unpaired) electrons. The van der Waals surface area contributed by atoms with Gasteiger partial charge in [-0.15, -0.1) is 11.8 Å². The van der Waals surface area contributed by atoms with Crippen LogP contribution in [0.2, 0.25) is 0 Å². The number of hydrogen-bond acceptors (Lipinski definition) is 8. The SMILES string of the molecule is CSc1ccc(N2CC(C(=O)OC(C)c3nc(-c4cccnc4)no3)CC2=O)cc1. The number of carbonyl (C=O) groups excluding carboxylic acids is 2. The molecular weight excluding hydrogens is 404 g/mol. The number of carbonyl (C=O) groups is 2. The number of ether oxygens (including phenoxy) is 1.